The van der Waals surface area contributed by atoms with Gasteiger partial charge in [0, 0.05) is 32.0 Å². The Kier molecular flexibility index (Phi) is 5.19. The van der Waals surface area contributed by atoms with Gasteiger partial charge in [-0.05, 0) is 39.2 Å². The van der Waals surface area contributed by atoms with E-state index in [1.807, 2.05) is 0 Å². The molecule has 162 valence electrons. The second-order valence-corrected chi connectivity index (χ2v) is 8.03. The van der Waals surface area contributed by atoms with Crippen LogP contribution in [0.4, 0.5) is 13.2 Å². The number of nitrogens with zero attached hydrogens (tertiary/aromatic N) is 4. The summed E-state index contributed by atoms with van der Waals surface area (Å²) in [5.74, 6) is -0.560. The van der Waals surface area contributed by atoms with Crippen LogP contribution in [0.1, 0.15) is 55.5 Å². The first-order chi connectivity index (χ1) is 14.2. The minimum Gasteiger partial charge on any atom is -0.340 e. The number of hydrogen-bond donors (Lipinski definition) is 0. The zero-order valence-electron chi connectivity index (χ0n) is 16.8. The van der Waals surface area contributed by atoms with Gasteiger partial charge in [-0.1, -0.05) is 5.16 Å². The van der Waals surface area contributed by atoms with Crippen molar-refractivity contribution in [1.29, 1.82) is 0 Å². The molecule has 0 unspecified atom stereocenters. The van der Waals surface area contributed by atoms with Crippen LogP contribution in [-0.4, -0.2) is 57.4 Å². The number of hydrogen-bond acceptors (Lipinski definition) is 5. The molecule has 2 atom stereocenters. The van der Waals surface area contributed by atoms with Crippen molar-refractivity contribution in [2.24, 2.45) is 0 Å². The molecule has 0 N–H and O–H groups in total. The van der Waals surface area contributed by atoms with Gasteiger partial charge >= 0.3 is 6.18 Å². The van der Waals surface area contributed by atoms with Crippen LogP contribution in [0.25, 0.3) is 11.1 Å². The number of pyridine rings is 1. The summed E-state index contributed by atoms with van der Waals surface area (Å²) in [5.41, 5.74) is -0.577. The molecule has 0 spiro atoms. The summed E-state index contributed by atoms with van der Waals surface area (Å²) in [5, 5.41) is 3.51. The van der Waals surface area contributed by atoms with Crippen LogP contribution in [0, 0.1) is 6.92 Å². The number of amides is 2. The van der Waals surface area contributed by atoms with Crippen molar-refractivity contribution in [2.75, 3.05) is 19.6 Å². The van der Waals surface area contributed by atoms with Crippen molar-refractivity contribution in [1.82, 2.24) is 19.9 Å². The number of aromatic nitrogens is 2. The molecular formula is C20H23F3N4O3. The number of alkyl halides is 3. The van der Waals surface area contributed by atoms with E-state index < -0.39 is 17.8 Å². The summed E-state index contributed by atoms with van der Waals surface area (Å²) < 4.78 is 46.0. The van der Waals surface area contributed by atoms with Crippen LogP contribution < -0.4 is 0 Å². The third-order valence-electron chi connectivity index (χ3n) is 6.03. The smallest absolute Gasteiger partial charge is 0.340 e. The van der Waals surface area contributed by atoms with Crippen molar-refractivity contribution in [2.45, 2.75) is 57.7 Å². The minimum atomic E-state index is -4.57. The molecule has 0 radical (unpaired) electrons. The lowest BCUT2D eigenvalue weighted by Gasteiger charge is -2.36. The zero-order valence-corrected chi connectivity index (χ0v) is 16.8. The highest BCUT2D eigenvalue weighted by Crippen LogP contribution is 2.38. The van der Waals surface area contributed by atoms with E-state index in [1.165, 1.54) is 6.92 Å². The number of aryl methyl sites for hydroxylation is 1. The lowest BCUT2D eigenvalue weighted by atomic mass is 9.92. The third-order valence-corrected chi connectivity index (χ3v) is 6.03. The molecule has 4 heterocycles. The summed E-state index contributed by atoms with van der Waals surface area (Å²) in [7, 11) is 0. The molecular weight excluding hydrogens is 401 g/mol. The van der Waals surface area contributed by atoms with Gasteiger partial charge in [0.1, 0.15) is 6.04 Å². The second kappa shape index (κ2) is 7.55. The van der Waals surface area contributed by atoms with Gasteiger partial charge in [-0.3, -0.25) is 9.59 Å². The molecule has 0 aromatic carbocycles. The third kappa shape index (κ3) is 3.63. The molecule has 2 saturated heterocycles. The highest BCUT2D eigenvalue weighted by Gasteiger charge is 2.38. The molecule has 4 rings (SSSR count). The highest BCUT2D eigenvalue weighted by atomic mass is 19.4. The average Bonchev–Trinajstić information content (AvgIpc) is 3.31. The summed E-state index contributed by atoms with van der Waals surface area (Å²) >= 11 is 0. The zero-order chi connectivity index (χ0) is 21.6. The van der Waals surface area contributed by atoms with Crippen LogP contribution in [0.5, 0.6) is 0 Å². The largest absolute Gasteiger partial charge is 0.417 e. The first kappa shape index (κ1) is 20.6. The monoisotopic (exact) mass is 424 g/mol. The molecule has 2 aromatic rings. The number of halogens is 3. The number of piperidine rings is 1. The molecule has 0 aliphatic carbocycles. The number of carbonyl (C=O) groups is 2. The number of carbonyl (C=O) groups excluding carboxylic acids is 2. The maximum Gasteiger partial charge on any atom is 0.417 e. The lowest BCUT2D eigenvalue weighted by molar-refractivity contribution is -0.143. The molecule has 7 nitrogen and oxygen atoms in total. The summed E-state index contributed by atoms with van der Waals surface area (Å²) in [6.07, 6.45) is -2.13. The van der Waals surface area contributed by atoms with E-state index in [1.54, 1.807) is 16.7 Å². The Bertz CT molecular complexity index is 988. The van der Waals surface area contributed by atoms with Crippen molar-refractivity contribution < 1.29 is 27.3 Å². The molecule has 0 bridgehead atoms. The standard InChI is InChI=1S/C20H23F3N4O3/c1-11-17-14(20(21,22)23)9-15(24-18(17)30-25-11)13-5-3-7-26(10-13)19(29)12(2)27-8-4-6-16(27)28/h9,12-13H,3-8,10H2,1-2H3/t12-,13+/m0/s1. The van der Waals surface area contributed by atoms with E-state index in [0.29, 0.717) is 32.4 Å². The molecule has 30 heavy (non-hydrogen) atoms. The fourth-order valence-electron chi connectivity index (χ4n) is 4.44. The Morgan fingerprint density at radius 3 is 2.73 bits per heavy atom. The number of rotatable bonds is 3. The lowest BCUT2D eigenvalue weighted by Crippen LogP contribution is -2.50. The van der Waals surface area contributed by atoms with Gasteiger partial charge < -0.3 is 14.3 Å². The fraction of sp³-hybridized carbons (Fsp3) is 0.600. The van der Waals surface area contributed by atoms with E-state index in [9.17, 15) is 22.8 Å². The molecule has 2 aliphatic rings. The quantitative estimate of drug-likeness (QED) is 0.756. The van der Waals surface area contributed by atoms with Crippen LogP contribution in [-0.2, 0) is 15.8 Å². The van der Waals surface area contributed by atoms with Crippen molar-refractivity contribution >= 4 is 22.9 Å². The Balaban J connectivity index is 1.60. The Hall–Kier alpha value is -2.65. The van der Waals surface area contributed by atoms with Gasteiger partial charge in [-0.15, -0.1) is 0 Å². The van der Waals surface area contributed by atoms with E-state index in [2.05, 4.69) is 10.1 Å². The van der Waals surface area contributed by atoms with Gasteiger partial charge in [0.2, 0.25) is 11.8 Å². The predicted molar refractivity (Wildman–Crippen MR) is 101 cm³/mol. The maximum absolute atomic E-state index is 13.6. The SMILES string of the molecule is Cc1noc2nc([C@@H]3CCCN(C(=O)[C@H](C)N4CCCC4=O)C3)cc(C(F)(F)F)c12. The Morgan fingerprint density at radius 2 is 2.07 bits per heavy atom. The van der Waals surface area contributed by atoms with Crippen molar-refractivity contribution in [3.8, 4) is 0 Å². The summed E-state index contributed by atoms with van der Waals surface area (Å²) in [6, 6.07) is 0.482. The van der Waals surface area contributed by atoms with Gasteiger partial charge in [0.15, 0.2) is 0 Å². The first-order valence-electron chi connectivity index (χ1n) is 10.1. The molecule has 10 heteroatoms. The van der Waals surface area contributed by atoms with Crippen molar-refractivity contribution in [3.63, 3.8) is 0 Å². The van der Waals surface area contributed by atoms with E-state index in [-0.39, 0.29) is 46.8 Å². The number of fused-ring (bicyclic) bond motifs is 1. The van der Waals surface area contributed by atoms with E-state index in [0.717, 1.165) is 12.5 Å². The Morgan fingerprint density at radius 1 is 1.30 bits per heavy atom. The molecule has 2 fully saturated rings. The van der Waals surface area contributed by atoms with Crippen LogP contribution in [0.15, 0.2) is 10.6 Å². The molecule has 2 amide bonds. The van der Waals surface area contributed by atoms with Crippen LogP contribution in [0.3, 0.4) is 0 Å². The van der Waals surface area contributed by atoms with Crippen LogP contribution in [0.2, 0.25) is 0 Å². The highest BCUT2D eigenvalue weighted by molar-refractivity contribution is 5.88. The first-order valence-corrected chi connectivity index (χ1v) is 10.1. The molecule has 2 aromatic heterocycles. The van der Waals surface area contributed by atoms with Gasteiger partial charge in [0.05, 0.1) is 22.3 Å². The van der Waals surface area contributed by atoms with Gasteiger partial charge in [0.25, 0.3) is 5.71 Å². The minimum absolute atomic E-state index is 0.0352. The summed E-state index contributed by atoms with van der Waals surface area (Å²) in [6.45, 7) is 4.48. The average molecular weight is 424 g/mol. The normalized spacial score (nSPS) is 21.5. The Labute approximate surface area is 171 Å². The van der Waals surface area contributed by atoms with Gasteiger partial charge in [-0.25, -0.2) is 4.98 Å². The van der Waals surface area contributed by atoms with E-state index >= 15 is 0 Å². The fourth-order valence-corrected chi connectivity index (χ4v) is 4.44. The van der Waals surface area contributed by atoms with Crippen LogP contribution >= 0.6 is 0 Å². The van der Waals surface area contributed by atoms with E-state index in [4.69, 9.17) is 4.52 Å². The maximum atomic E-state index is 13.6. The summed E-state index contributed by atoms with van der Waals surface area (Å²) in [4.78, 5) is 32.4. The van der Waals surface area contributed by atoms with Gasteiger partial charge in [-0.2, -0.15) is 13.2 Å². The number of likely N-dealkylation sites (tertiary alicyclic amines) is 2. The van der Waals surface area contributed by atoms with Crippen molar-refractivity contribution in [3.05, 3.63) is 23.0 Å². The second-order valence-electron chi connectivity index (χ2n) is 8.03. The topological polar surface area (TPSA) is 79.5 Å². The molecule has 2 aliphatic heterocycles. The predicted octanol–water partition coefficient (Wildman–Crippen LogP) is 3.27. The molecule has 0 saturated carbocycles.